The molecule has 3 aromatic rings. The Kier molecular flexibility index (Phi) is 5.27. The molecule has 1 aliphatic carbocycles. The lowest BCUT2D eigenvalue weighted by Gasteiger charge is -2.42. The van der Waals surface area contributed by atoms with Gasteiger partial charge < -0.3 is 10.6 Å². The first-order valence-electron chi connectivity index (χ1n) is 11.0. The van der Waals surface area contributed by atoms with Crippen LogP contribution in [0.5, 0.6) is 0 Å². The molecule has 2 aliphatic rings. The predicted molar refractivity (Wildman–Crippen MR) is 128 cm³/mol. The fourth-order valence-corrected chi connectivity index (χ4v) is 5.48. The molecule has 2 N–H and O–H groups in total. The van der Waals surface area contributed by atoms with Crippen molar-refractivity contribution in [2.45, 2.75) is 32.2 Å². The molecular formula is C26H24ClFN4O. The first-order valence-corrected chi connectivity index (χ1v) is 11.4. The van der Waals surface area contributed by atoms with Crippen LogP contribution in [0.2, 0.25) is 5.02 Å². The van der Waals surface area contributed by atoms with Gasteiger partial charge in [0.2, 0.25) is 0 Å². The maximum atomic E-state index is 13.5. The van der Waals surface area contributed by atoms with E-state index in [1.807, 2.05) is 12.1 Å². The van der Waals surface area contributed by atoms with Crippen LogP contribution in [0.1, 0.15) is 41.4 Å². The fourth-order valence-electron chi connectivity index (χ4n) is 5.31. The Bertz CT molecular complexity index is 1350. The maximum Gasteiger partial charge on any atom is 0.260 e. The standard InChI is InChI=1S/C26H24ClFN4O/c1-3-17-4-5-18-15-26(25(29)20(18)12-17)8-10-31(11-9-26)23-14-24(33)32(16(2)30-23)19-6-7-22(28)21(27)13-19/h1,4-7,12-14,25H,8-11,15,29H2,2H3/t25-/m1/s1. The minimum absolute atomic E-state index is 0.000938. The quantitative estimate of drug-likeness (QED) is 0.581. The lowest BCUT2D eigenvalue weighted by molar-refractivity contribution is 0.187. The number of fused-ring (bicyclic) bond motifs is 1. The number of terminal acetylenes is 1. The summed E-state index contributed by atoms with van der Waals surface area (Å²) in [4.78, 5) is 19.8. The third kappa shape index (κ3) is 3.62. The Morgan fingerprint density at radius 1 is 1.21 bits per heavy atom. The number of nitrogens with two attached hydrogens (primary N) is 1. The van der Waals surface area contributed by atoms with Crippen molar-refractivity contribution in [2.75, 3.05) is 18.0 Å². The second-order valence-electron chi connectivity index (χ2n) is 9.00. The molecule has 1 aliphatic heterocycles. The van der Waals surface area contributed by atoms with E-state index in [1.54, 1.807) is 6.92 Å². The van der Waals surface area contributed by atoms with Crippen molar-refractivity contribution >= 4 is 17.4 Å². The van der Waals surface area contributed by atoms with E-state index in [1.165, 1.54) is 34.4 Å². The highest BCUT2D eigenvalue weighted by Crippen LogP contribution is 2.51. The van der Waals surface area contributed by atoms with Crippen LogP contribution < -0.4 is 16.2 Å². The Hall–Kier alpha value is -3.14. The molecule has 33 heavy (non-hydrogen) atoms. The second kappa shape index (κ2) is 8.02. The largest absolute Gasteiger partial charge is 0.356 e. The molecule has 1 aromatic heterocycles. The summed E-state index contributed by atoms with van der Waals surface area (Å²) in [5.41, 5.74) is 10.3. The second-order valence-corrected chi connectivity index (χ2v) is 9.40. The Morgan fingerprint density at radius 3 is 2.64 bits per heavy atom. The van der Waals surface area contributed by atoms with Gasteiger partial charge in [0.15, 0.2) is 0 Å². The summed E-state index contributed by atoms with van der Waals surface area (Å²) in [6.07, 6.45) is 8.34. The molecule has 1 atom stereocenters. The molecule has 0 radical (unpaired) electrons. The number of aryl methyl sites for hydroxylation is 1. The van der Waals surface area contributed by atoms with E-state index in [9.17, 15) is 9.18 Å². The lowest BCUT2D eigenvalue weighted by atomic mass is 9.73. The molecule has 1 spiro atoms. The minimum Gasteiger partial charge on any atom is -0.356 e. The number of nitrogens with zero attached hydrogens (tertiary/aromatic N) is 3. The Morgan fingerprint density at radius 2 is 1.97 bits per heavy atom. The SMILES string of the molecule is C#Cc1ccc2c(c1)[C@@H](N)C1(CCN(c3cc(=O)n(-c4ccc(F)c(Cl)c4)c(C)n3)CC1)C2. The van der Waals surface area contributed by atoms with Crippen LogP contribution in [0.25, 0.3) is 5.69 Å². The highest BCUT2D eigenvalue weighted by Gasteiger charge is 2.46. The van der Waals surface area contributed by atoms with Crippen molar-refractivity contribution in [3.8, 4) is 18.0 Å². The number of halogens is 2. The summed E-state index contributed by atoms with van der Waals surface area (Å²) in [6.45, 7) is 3.30. The highest BCUT2D eigenvalue weighted by atomic mass is 35.5. The number of aromatic nitrogens is 2. The van der Waals surface area contributed by atoms with Crippen LogP contribution >= 0.6 is 11.6 Å². The van der Waals surface area contributed by atoms with Gasteiger partial charge in [-0.1, -0.05) is 23.6 Å². The monoisotopic (exact) mass is 462 g/mol. The number of benzene rings is 2. The average Bonchev–Trinajstić information content (AvgIpc) is 3.06. The zero-order chi connectivity index (χ0) is 23.3. The number of hydrogen-bond donors (Lipinski definition) is 1. The smallest absolute Gasteiger partial charge is 0.260 e. The van der Waals surface area contributed by atoms with E-state index in [0.29, 0.717) is 17.3 Å². The summed E-state index contributed by atoms with van der Waals surface area (Å²) in [6, 6.07) is 11.8. The van der Waals surface area contributed by atoms with Crippen molar-refractivity contribution in [1.29, 1.82) is 0 Å². The van der Waals surface area contributed by atoms with E-state index in [0.717, 1.165) is 43.5 Å². The van der Waals surface area contributed by atoms with E-state index in [-0.39, 0.29) is 22.0 Å². The van der Waals surface area contributed by atoms with Crippen LogP contribution in [0, 0.1) is 30.5 Å². The van der Waals surface area contributed by atoms with Gasteiger partial charge in [0, 0.05) is 30.8 Å². The number of hydrogen-bond acceptors (Lipinski definition) is 4. The fraction of sp³-hybridized carbons (Fsp3) is 0.308. The third-order valence-electron chi connectivity index (χ3n) is 7.17. The summed E-state index contributed by atoms with van der Waals surface area (Å²) in [5.74, 6) is 3.34. The van der Waals surface area contributed by atoms with E-state index in [4.69, 9.17) is 23.8 Å². The van der Waals surface area contributed by atoms with Crippen molar-refractivity contribution in [1.82, 2.24) is 9.55 Å². The molecule has 0 unspecified atom stereocenters. The third-order valence-corrected chi connectivity index (χ3v) is 7.46. The van der Waals surface area contributed by atoms with Gasteiger partial charge in [-0.3, -0.25) is 9.36 Å². The molecular weight excluding hydrogens is 439 g/mol. The van der Waals surface area contributed by atoms with Crippen molar-refractivity contribution in [2.24, 2.45) is 11.1 Å². The summed E-state index contributed by atoms with van der Waals surface area (Å²) >= 11 is 5.90. The molecule has 0 amide bonds. The van der Waals surface area contributed by atoms with Crippen molar-refractivity contribution in [3.63, 3.8) is 0 Å². The van der Waals surface area contributed by atoms with Crippen molar-refractivity contribution in [3.05, 3.63) is 86.2 Å². The number of anilines is 1. The Labute approximate surface area is 197 Å². The molecule has 0 saturated carbocycles. The summed E-state index contributed by atoms with van der Waals surface area (Å²) in [7, 11) is 0. The molecule has 2 heterocycles. The van der Waals surface area contributed by atoms with Gasteiger partial charge in [0.05, 0.1) is 10.7 Å². The van der Waals surface area contributed by atoms with Crippen molar-refractivity contribution < 1.29 is 4.39 Å². The summed E-state index contributed by atoms with van der Waals surface area (Å²) < 4.78 is 15.0. The molecule has 168 valence electrons. The van der Waals surface area contributed by atoms with Crippen LogP contribution in [-0.4, -0.2) is 22.6 Å². The maximum absolute atomic E-state index is 13.5. The molecule has 1 saturated heterocycles. The van der Waals surface area contributed by atoms with Crippen LogP contribution in [0.4, 0.5) is 10.2 Å². The predicted octanol–water partition coefficient (Wildman–Crippen LogP) is 4.16. The zero-order valence-corrected chi connectivity index (χ0v) is 19.1. The van der Waals surface area contributed by atoms with E-state index in [2.05, 4.69) is 21.9 Å². The molecule has 1 fully saturated rings. The van der Waals surface area contributed by atoms with E-state index >= 15 is 0 Å². The van der Waals surface area contributed by atoms with Gasteiger partial charge >= 0.3 is 0 Å². The van der Waals surface area contributed by atoms with E-state index < -0.39 is 5.82 Å². The molecule has 5 rings (SSSR count). The van der Waals surface area contributed by atoms with Gasteiger partial charge in [-0.05, 0) is 73.1 Å². The first-order chi connectivity index (χ1) is 15.8. The molecule has 5 nitrogen and oxygen atoms in total. The highest BCUT2D eigenvalue weighted by molar-refractivity contribution is 6.30. The summed E-state index contributed by atoms with van der Waals surface area (Å²) in [5, 5.41) is -0.0348. The average molecular weight is 463 g/mol. The number of piperidine rings is 1. The Balaban J connectivity index is 1.37. The van der Waals surface area contributed by atoms with Gasteiger partial charge in [-0.15, -0.1) is 6.42 Å². The van der Waals surface area contributed by atoms with Gasteiger partial charge in [-0.25, -0.2) is 9.37 Å². The molecule has 7 heteroatoms. The van der Waals surface area contributed by atoms with Crippen LogP contribution in [0.3, 0.4) is 0 Å². The van der Waals surface area contributed by atoms with Gasteiger partial charge in [0.25, 0.3) is 5.56 Å². The zero-order valence-electron chi connectivity index (χ0n) is 18.3. The number of rotatable bonds is 2. The first kappa shape index (κ1) is 21.7. The lowest BCUT2D eigenvalue weighted by Crippen LogP contribution is -2.45. The van der Waals surface area contributed by atoms with Gasteiger partial charge in [0.1, 0.15) is 17.5 Å². The van der Waals surface area contributed by atoms with Crippen LogP contribution in [0.15, 0.2) is 47.3 Å². The topological polar surface area (TPSA) is 64.2 Å². The van der Waals surface area contributed by atoms with Gasteiger partial charge in [-0.2, -0.15) is 0 Å². The molecule has 2 aromatic carbocycles. The van der Waals surface area contributed by atoms with Crippen LogP contribution in [-0.2, 0) is 6.42 Å². The molecule has 0 bridgehead atoms. The minimum atomic E-state index is -0.527. The normalized spacial score (nSPS) is 18.9.